The number of cyclic esters (lactones) is 1. The summed E-state index contributed by atoms with van der Waals surface area (Å²) < 4.78 is 26.8. The average molecular weight is 434 g/mol. The van der Waals surface area contributed by atoms with Crippen LogP contribution in [0.1, 0.15) is 51.2 Å². The monoisotopic (exact) mass is 434 g/mol. The van der Waals surface area contributed by atoms with Crippen molar-refractivity contribution in [3.8, 4) is 0 Å². The highest BCUT2D eigenvalue weighted by Gasteiger charge is 2.67. The molecule has 0 spiro atoms. The number of fused-ring (bicyclic) bond motifs is 3. The first-order valence-electron chi connectivity index (χ1n) is 10.7. The fourth-order valence-electron chi connectivity index (χ4n) is 6.46. The van der Waals surface area contributed by atoms with Crippen molar-refractivity contribution >= 4 is 17.7 Å². The van der Waals surface area contributed by atoms with Crippen LogP contribution in [0.3, 0.4) is 0 Å². The summed E-state index contributed by atoms with van der Waals surface area (Å²) in [4.78, 5) is 39.6. The lowest BCUT2D eigenvalue weighted by Crippen LogP contribution is -2.64. The molecule has 2 saturated carbocycles. The van der Waals surface area contributed by atoms with Gasteiger partial charge in [0.05, 0.1) is 31.5 Å². The summed E-state index contributed by atoms with van der Waals surface area (Å²) in [6.45, 7) is 3.92. The molecule has 0 aromatic carbocycles. The first-order valence-corrected chi connectivity index (χ1v) is 10.7. The van der Waals surface area contributed by atoms with Crippen molar-refractivity contribution in [3.63, 3.8) is 0 Å². The Labute approximate surface area is 181 Å². The topological polar surface area (TPSA) is 101 Å². The number of carbonyl (C=O) groups is 3. The van der Waals surface area contributed by atoms with E-state index in [9.17, 15) is 14.4 Å². The van der Waals surface area contributed by atoms with Crippen molar-refractivity contribution in [1.82, 2.24) is 0 Å². The maximum absolute atomic E-state index is 13.8. The van der Waals surface area contributed by atoms with Gasteiger partial charge in [-0.2, -0.15) is 0 Å². The molecule has 31 heavy (non-hydrogen) atoms. The van der Waals surface area contributed by atoms with E-state index in [0.717, 1.165) is 5.56 Å². The Hall–Kier alpha value is -2.19. The second-order valence-corrected chi connectivity index (χ2v) is 9.50. The normalized spacial score (nSPS) is 39.9. The van der Waals surface area contributed by atoms with Gasteiger partial charge in [-0.1, -0.05) is 13.8 Å². The first kappa shape index (κ1) is 22.0. The minimum Gasteiger partial charge on any atom is -0.472 e. The molecule has 2 heterocycles. The third-order valence-corrected chi connectivity index (χ3v) is 7.89. The molecule has 8 heteroatoms. The minimum absolute atomic E-state index is 0.0481. The highest BCUT2D eigenvalue weighted by Crippen LogP contribution is 2.65. The standard InChI is InChI=1S/C23H30O8/c1-22-7-5-14-21(26)31-17(13-6-8-29-11-13)10-23(14,2)19(22)18(24)16(30-12-27-3)9-15(22)20(25)28-4/h6,8,11,14-17,19H,5,7,9-10,12H2,1-4H3/t14-,15-,16-,17-,19?,22-,23-/m0/s1. The number of rotatable bonds is 5. The minimum atomic E-state index is -0.789. The van der Waals surface area contributed by atoms with Gasteiger partial charge >= 0.3 is 11.9 Å². The predicted octanol–water partition coefficient (Wildman–Crippen LogP) is 3.06. The van der Waals surface area contributed by atoms with E-state index in [0.29, 0.717) is 19.3 Å². The maximum Gasteiger partial charge on any atom is 0.310 e. The molecule has 1 aromatic heterocycles. The average Bonchev–Trinajstić information content (AvgIpc) is 3.26. The predicted molar refractivity (Wildman–Crippen MR) is 106 cm³/mol. The zero-order valence-corrected chi connectivity index (χ0v) is 18.4. The molecule has 4 rings (SSSR count). The van der Waals surface area contributed by atoms with Crippen LogP contribution >= 0.6 is 0 Å². The van der Waals surface area contributed by atoms with Gasteiger partial charge in [-0.25, -0.2) is 0 Å². The summed E-state index contributed by atoms with van der Waals surface area (Å²) in [7, 11) is 2.85. The molecular weight excluding hydrogens is 404 g/mol. The Morgan fingerprint density at radius 1 is 1.23 bits per heavy atom. The van der Waals surface area contributed by atoms with Crippen LogP contribution in [0, 0.1) is 28.6 Å². The van der Waals surface area contributed by atoms with Crippen molar-refractivity contribution in [3.05, 3.63) is 24.2 Å². The van der Waals surface area contributed by atoms with Crippen molar-refractivity contribution in [2.75, 3.05) is 21.0 Å². The van der Waals surface area contributed by atoms with E-state index in [4.69, 9.17) is 23.4 Å². The van der Waals surface area contributed by atoms with Gasteiger partial charge in [-0.05, 0) is 42.6 Å². The van der Waals surface area contributed by atoms with Crippen molar-refractivity contribution in [2.45, 2.75) is 51.7 Å². The van der Waals surface area contributed by atoms with Crippen molar-refractivity contribution in [2.24, 2.45) is 28.6 Å². The number of Topliss-reactive ketones (excluding diaryl/α,β-unsaturated/α-hetero) is 1. The second-order valence-electron chi connectivity index (χ2n) is 9.50. The van der Waals surface area contributed by atoms with Crippen LogP contribution in [0.2, 0.25) is 0 Å². The SMILES string of the molecule is COCO[C@H]1C[C@@H](C(=O)OC)[C@]2(C)CC[C@H]3C(=O)O[C@H](c4ccoc4)C[C@]3(C)C2C1=O. The van der Waals surface area contributed by atoms with Gasteiger partial charge in [0.15, 0.2) is 5.78 Å². The number of furan rings is 1. The van der Waals surface area contributed by atoms with Gasteiger partial charge in [0, 0.05) is 18.6 Å². The van der Waals surface area contributed by atoms with Gasteiger partial charge in [-0.3, -0.25) is 14.4 Å². The maximum atomic E-state index is 13.8. The summed E-state index contributed by atoms with van der Waals surface area (Å²) >= 11 is 0. The summed E-state index contributed by atoms with van der Waals surface area (Å²) in [5.74, 6) is -2.21. The van der Waals surface area contributed by atoms with Crippen LogP contribution in [0.4, 0.5) is 0 Å². The summed E-state index contributed by atoms with van der Waals surface area (Å²) in [6.07, 6.45) is 3.65. The van der Waals surface area contributed by atoms with E-state index in [1.54, 1.807) is 12.3 Å². The van der Waals surface area contributed by atoms with Crippen molar-refractivity contribution in [1.29, 1.82) is 0 Å². The summed E-state index contributed by atoms with van der Waals surface area (Å²) in [5.41, 5.74) is -0.566. The molecule has 0 amide bonds. The number of esters is 2. The molecule has 0 radical (unpaired) electrons. The molecule has 3 fully saturated rings. The Morgan fingerprint density at radius 3 is 2.65 bits per heavy atom. The van der Waals surface area contributed by atoms with Gasteiger partial charge in [0.2, 0.25) is 0 Å². The highest BCUT2D eigenvalue weighted by molar-refractivity contribution is 5.92. The number of methoxy groups -OCH3 is 2. The number of hydrogen-bond donors (Lipinski definition) is 0. The highest BCUT2D eigenvalue weighted by atomic mass is 16.7. The fraction of sp³-hybridized carbons (Fsp3) is 0.696. The molecule has 7 atom stereocenters. The molecule has 1 saturated heterocycles. The molecule has 1 unspecified atom stereocenters. The number of carbonyl (C=O) groups excluding carboxylic acids is 3. The molecule has 170 valence electrons. The Bertz CT molecular complexity index is 848. The Kier molecular flexibility index (Phi) is 5.72. The van der Waals surface area contributed by atoms with Crippen LogP contribution in [-0.2, 0) is 33.3 Å². The zero-order chi connectivity index (χ0) is 22.4. The van der Waals surface area contributed by atoms with Gasteiger partial charge < -0.3 is 23.4 Å². The lowest BCUT2D eigenvalue weighted by atomic mass is 9.43. The van der Waals surface area contributed by atoms with E-state index in [1.807, 2.05) is 13.8 Å². The zero-order valence-electron chi connectivity index (χ0n) is 18.4. The molecule has 2 aliphatic carbocycles. The third kappa shape index (κ3) is 3.40. The van der Waals surface area contributed by atoms with Crippen LogP contribution in [0.25, 0.3) is 0 Å². The number of ether oxygens (including phenoxy) is 4. The smallest absolute Gasteiger partial charge is 0.310 e. The number of ketones is 1. The fourth-order valence-corrected chi connectivity index (χ4v) is 6.46. The third-order valence-electron chi connectivity index (χ3n) is 7.89. The molecule has 3 aliphatic rings. The second kappa shape index (κ2) is 8.06. The summed E-state index contributed by atoms with van der Waals surface area (Å²) in [5, 5.41) is 0. The Balaban J connectivity index is 1.77. The van der Waals surface area contributed by atoms with Gasteiger partial charge in [0.1, 0.15) is 19.0 Å². The number of hydrogen-bond acceptors (Lipinski definition) is 8. The van der Waals surface area contributed by atoms with E-state index < -0.39 is 40.8 Å². The van der Waals surface area contributed by atoms with Crippen LogP contribution < -0.4 is 0 Å². The van der Waals surface area contributed by atoms with Gasteiger partial charge in [0.25, 0.3) is 0 Å². The van der Waals surface area contributed by atoms with Crippen molar-refractivity contribution < 1.29 is 37.7 Å². The van der Waals surface area contributed by atoms with Gasteiger partial charge in [-0.15, -0.1) is 0 Å². The first-order chi connectivity index (χ1) is 14.8. The van der Waals surface area contributed by atoms with Crippen LogP contribution in [0.15, 0.2) is 23.0 Å². The lowest BCUT2D eigenvalue weighted by molar-refractivity contribution is -0.213. The molecular formula is C23H30O8. The molecule has 0 bridgehead atoms. The van der Waals surface area contributed by atoms with E-state index in [2.05, 4.69) is 0 Å². The molecule has 8 nitrogen and oxygen atoms in total. The molecule has 0 N–H and O–H groups in total. The van der Waals surface area contributed by atoms with E-state index in [-0.39, 0.29) is 30.9 Å². The van der Waals surface area contributed by atoms with Crippen LogP contribution in [-0.4, -0.2) is 44.8 Å². The quantitative estimate of drug-likeness (QED) is 0.515. The van der Waals surface area contributed by atoms with E-state index in [1.165, 1.54) is 20.5 Å². The molecule has 1 aliphatic heterocycles. The van der Waals surface area contributed by atoms with Crippen LogP contribution in [0.5, 0.6) is 0 Å². The summed E-state index contributed by atoms with van der Waals surface area (Å²) in [6, 6.07) is 1.77. The Morgan fingerprint density at radius 2 is 2.00 bits per heavy atom. The molecule has 1 aromatic rings. The van der Waals surface area contributed by atoms with E-state index >= 15 is 0 Å². The lowest BCUT2D eigenvalue weighted by Gasteiger charge is -2.61. The largest absolute Gasteiger partial charge is 0.472 e.